The zero-order chi connectivity index (χ0) is 23.8. The summed E-state index contributed by atoms with van der Waals surface area (Å²) in [5, 5.41) is 27.9. The molecular weight excluding hydrogens is 440 g/mol. The Bertz CT molecular complexity index is 1230. The van der Waals surface area contributed by atoms with E-state index in [0.29, 0.717) is 0 Å². The summed E-state index contributed by atoms with van der Waals surface area (Å²) in [5.74, 6) is -1.85. The number of amides is 2. The summed E-state index contributed by atoms with van der Waals surface area (Å²) in [6.45, 7) is 0.0337. The van der Waals surface area contributed by atoms with Gasteiger partial charge in [-0.2, -0.15) is 5.10 Å². The van der Waals surface area contributed by atoms with E-state index in [9.17, 15) is 24.6 Å². The molecule has 2 aromatic carbocycles. The Labute approximate surface area is 194 Å². The number of rotatable bonds is 5. The highest BCUT2D eigenvalue weighted by atomic mass is 16.5. The second-order valence-electron chi connectivity index (χ2n) is 8.32. The molecule has 0 saturated carbocycles. The molecule has 2 atom stereocenters. The maximum absolute atomic E-state index is 12.7. The van der Waals surface area contributed by atoms with Gasteiger partial charge < -0.3 is 19.8 Å². The summed E-state index contributed by atoms with van der Waals surface area (Å²) in [7, 11) is 0. The number of aliphatic carboxylic acids is 1. The van der Waals surface area contributed by atoms with Crippen LogP contribution in [0.5, 0.6) is 0 Å². The van der Waals surface area contributed by atoms with E-state index >= 15 is 0 Å². The third-order valence-electron chi connectivity index (χ3n) is 6.21. The van der Waals surface area contributed by atoms with Crippen LogP contribution in [0.1, 0.15) is 34.0 Å². The number of nitrogens with zero attached hydrogens (tertiary/aromatic N) is 2. The number of aliphatic hydroxyl groups is 1. The first-order valence-corrected chi connectivity index (χ1v) is 10.8. The molecule has 0 bridgehead atoms. The number of H-pyrrole nitrogens is 1. The zero-order valence-electron chi connectivity index (χ0n) is 18.0. The lowest BCUT2D eigenvalue weighted by molar-refractivity contribution is -0.141. The number of hydrogen-bond acceptors (Lipinski definition) is 6. The highest BCUT2D eigenvalue weighted by Crippen LogP contribution is 2.44. The number of carbonyl (C=O) groups is 3. The summed E-state index contributed by atoms with van der Waals surface area (Å²) >= 11 is 0. The van der Waals surface area contributed by atoms with Gasteiger partial charge in [-0.25, -0.2) is 9.59 Å². The van der Waals surface area contributed by atoms with Gasteiger partial charge in [-0.1, -0.05) is 48.5 Å². The van der Waals surface area contributed by atoms with Crippen LogP contribution >= 0.6 is 0 Å². The summed E-state index contributed by atoms with van der Waals surface area (Å²) in [5.41, 5.74) is 4.41. The third kappa shape index (κ3) is 3.88. The third-order valence-corrected chi connectivity index (χ3v) is 6.21. The molecule has 10 heteroatoms. The number of carboxylic acids is 1. The van der Waals surface area contributed by atoms with Crippen LogP contribution in [0.15, 0.2) is 54.6 Å². The van der Waals surface area contributed by atoms with Gasteiger partial charge >= 0.3 is 12.1 Å². The van der Waals surface area contributed by atoms with Crippen molar-refractivity contribution in [2.75, 3.05) is 18.5 Å². The molecule has 3 aromatic rings. The molecule has 4 N–H and O–H groups in total. The zero-order valence-corrected chi connectivity index (χ0v) is 18.0. The van der Waals surface area contributed by atoms with Crippen molar-refractivity contribution in [3.05, 3.63) is 71.4 Å². The van der Waals surface area contributed by atoms with Gasteiger partial charge in [0.1, 0.15) is 18.3 Å². The molecule has 34 heavy (non-hydrogen) atoms. The Morgan fingerprint density at radius 3 is 2.38 bits per heavy atom. The van der Waals surface area contributed by atoms with Crippen molar-refractivity contribution in [3.63, 3.8) is 0 Å². The van der Waals surface area contributed by atoms with Gasteiger partial charge in [-0.3, -0.25) is 15.2 Å². The van der Waals surface area contributed by atoms with Gasteiger partial charge in [-0.05, 0) is 22.3 Å². The first-order chi connectivity index (χ1) is 16.4. The minimum absolute atomic E-state index is 0.00528. The summed E-state index contributed by atoms with van der Waals surface area (Å²) in [6.07, 6.45) is -1.68. The van der Waals surface area contributed by atoms with Crippen molar-refractivity contribution in [3.8, 4) is 11.1 Å². The molecule has 2 amide bonds. The fourth-order valence-electron chi connectivity index (χ4n) is 4.66. The first kappa shape index (κ1) is 21.7. The van der Waals surface area contributed by atoms with Crippen LogP contribution in [-0.2, 0) is 9.53 Å². The maximum atomic E-state index is 12.7. The number of ether oxygens (including phenoxy) is 1. The largest absolute Gasteiger partial charge is 0.480 e. The Kier molecular flexibility index (Phi) is 5.50. The number of hydrogen-bond donors (Lipinski definition) is 4. The number of β-amino-alcohol motifs (C(OH)–C–C–N with tert-alkyl or cyclic N) is 1. The lowest BCUT2D eigenvalue weighted by atomic mass is 9.98. The smallest absolute Gasteiger partial charge is 0.412 e. The predicted molar refractivity (Wildman–Crippen MR) is 120 cm³/mol. The van der Waals surface area contributed by atoms with E-state index < -0.39 is 30.1 Å². The summed E-state index contributed by atoms with van der Waals surface area (Å²) in [6, 6.07) is 16.2. The number of fused-ring (bicyclic) bond motifs is 3. The highest BCUT2D eigenvalue weighted by Gasteiger charge is 2.39. The highest BCUT2D eigenvalue weighted by molar-refractivity contribution is 5.96. The van der Waals surface area contributed by atoms with Gasteiger partial charge in [-0.15, -0.1) is 0 Å². The van der Waals surface area contributed by atoms with Gasteiger partial charge in [0.25, 0.3) is 5.91 Å². The van der Waals surface area contributed by atoms with Crippen molar-refractivity contribution < 1.29 is 29.3 Å². The lowest BCUT2D eigenvalue weighted by Crippen LogP contribution is -2.40. The van der Waals surface area contributed by atoms with Crippen molar-refractivity contribution in [1.82, 2.24) is 15.1 Å². The molecule has 174 valence electrons. The van der Waals surface area contributed by atoms with E-state index in [2.05, 4.69) is 15.5 Å². The number of nitrogens with one attached hydrogen (secondary N) is 2. The SMILES string of the molecule is O=C(Nc1cc(C(=O)N2C[C@@H](O)C[C@H]2C(=O)O)[nH]n1)OCC1c2ccccc2-c2ccccc21. The Morgan fingerprint density at radius 2 is 1.74 bits per heavy atom. The molecule has 1 fully saturated rings. The van der Waals surface area contributed by atoms with Gasteiger partial charge in [0.2, 0.25) is 0 Å². The van der Waals surface area contributed by atoms with Gasteiger partial charge in [0, 0.05) is 24.9 Å². The van der Waals surface area contributed by atoms with Crippen molar-refractivity contribution >= 4 is 23.8 Å². The van der Waals surface area contributed by atoms with E-state index in [1.807, 2.05) is 48.5 Å². The molecule has 1 aromatic heterocycles. The topological polar surface area (TPSA) is 145 Å². The van der Waals surface area contributed by atoms with E-state index in [1.54, 1.807) is 0 Å². The molecule has 0 spiro atoms. The Balaban J connectivity index is 1.23. The monoisotopic (exact) mass is 462 g/mol. The molecule has 2 heterocycles. The normalized spacial score (nSPS) is 18.9. The Hall–Kier alpha value is -4.18. The van der Waals surface area contributed by atoms with Crippen LogP contribution in [-0.4, -0.2) is 68.6 Å². The Morgan fingerprint density at radius 1 is 1.09 bits per heavy atom. The van der Waals surface area contributed by atoms with E-state index in [-0.39, 0.29) is 37.0 Å². The molecule has 1 saturated heterocycles. The number of aromatic nitrogens is 2. The number of likely N-dealkylation sites (tertiary alicyclic amines) is 1. The molecule has 5 rings (SSSR count). The standard InChI is InChI=1S/C24H22N4O6/c29-13-9-20(23(31)32)28(11-13)22(30)19-10-21(27-26-19)25-24(33)34-12-18-16-7-3-1-5-14(16)15-6-2-4-8-17(15)18/h1-8,10,13,18,20,29H,9,11-12H2,(H,31,32)(H2,25,26,27,33)/t13-,20-/m0/s1. The molecule has 0 radical (unpaired) electrons. The average Bonchev–Trinajstić information content (AvgIpc) is 3.53. The fraction of sp³-hybridized carbons (Fsp3) is 0.250. The number of benzene rings is 2. The second-order valence-corrected chi connectivity index (χ2v) is 8.32. The van der Waals surface area contributed by atoms with Gasteiger partial charge in [0.15, 0.2) is 5.82 Å². The number of anilines is 1. The number of aliphatic hydroxyl groups excluding tert-OH is 1. The number of aromatic amines is 1. The molecule has 0 unspecified atom stereocenters. The average molecular weight is 462 g/mol. The van der Waals surface area contributed by atoms with Crippen LogP contribution in [0, 0.1) is 0 Å². The number of carboxylic acid groups (broad SMARTS) is 1. The second kappa shape index (κ2) is 8.64. The maximum Gasteiger partial charge on any atom is 0.412 e. The minimum atomic E-state index is -1.19. The van der Waals surface area contributed by atoms with Crippen molar-refractivity contribution in [1.29, 1.82) is 0 Å². The van der Waals surface area contributed by atoms with Crippen molar-refractivity contribution in [2.45, 2.75) is 24.5 Å². The molecule has 2 aliphatic rings. The minimum Gasteiger partial charge on any atom is -0.480 e. The molecular formula is C24H22N4O6. The summed E-state index contributed by atoms with van der Waals surface area (Å²) in [4.78, 5) is 37.5. The van der Waals surface area contributed by atoms with Crippen LogP contribution in [0.2, 0.25) is 0 Å². The quantitative estimate of drug-likeness (QED) is 0.456. The molecule has 1 aliphatic carbocycles. The van der Waals surface area contributed by atoms with E-state index in [0.717, 1.165) is 27.2 Å². The summed E-state index contributed by atoms with van der Waals surface area (Å²) < 4.78 is 5.47. The van der Waals surface area contributed by atoms with Gasteiger partial charge in [0.05, 0.1) is 6.10 Å². The van der Waals surface area contributed by atoms with Crippen LogP contribution in [0.25, 0.3) is 11.1 Å². The van der Waals surface area contributed by atoms with Crippen LogP contribution < -0.4 is 5.32 Å². The van der Waals surface area contributed by atoms with E-state index in [1.165, 1.54) is 6.07 Å². The molecule has 10 nitrogen and oxygen atoms in total. The number of carbonyl (C=O) groups excluding carboxylic acids is 2. The van der Waals surface area contributed by atoms with Crippen LogP contribution in [0.3, 0.4) is 0 Å². The molecule has 1 aliphatic heterocycles. The fourth-order valence-corrected chi connectivity index (χ4v) is 4.66. The van der Waals surface area contributed by atoms with E-state index in [4.69, 9.17) is 4.74 Å². The lowest BCUT2D eigenvalue weighted by Gasteiger charge is -2.19. The van der Waals surface area contributed by atoms with Crippen LogP contribution in [0.4, 0.5) is 10.6 Å². The first-order valence-electron chi connectivity index (χ1n) is 10.8. The predicted octanol–water partition coefficient (Wildman–Crippen LogP) is 2.43. The van der Waals surface area contributed by atoms with Crippen molar-refractivity contribution in [2.24, 2.45) is 0 Å².